The summed E-state index contributed by atoms with van der Waals surface area (Å²) in [6.07, 6.45) is 3.37. The van der Waals surface area contributed by atoms with Gasteiger partial charge in [-0.15, -0.1) is 10.2 Å². The molecule has 1 aliphatic heterocycles. The number of likely N-dealkylation sites (tertiary alicyclic amines) is 1. The summed E-state index contributed by atoms with van der Waals surface area (Å²) in [4.78, 5) is 14.3. The van der Waals surface area contributed by atoms with Crippen LogP contribution in [-0.4, -0.2) is 46.5 Å². The topological polar surface area (TPSA) is 68.5 Å². The molecule has 1 atom stereocenters. The quantitative estimate of drug-likeness (QED) is 0.774. The van der Waals surface area contributed by atoms with Crippen molar-refractivity contribution in [1.29, 1.82) is 0 Å². The summed E-state index contributed by atoms with van der Waals surface area (Å²) in [5, 5.41) is 8.48. The predicted octanol–water partition coefficient (Wildman–Crippen LogP) is 3.24. The number of piperidine rings is 1. The highest BCUT2D eigenvalue weighted by Crippen LogP contribution is 2.25. The molecule has 1 fully saturated rings. The highest BCUT2D eigenvalue weighted by molar-refractivity contribution is 7.99. The zero-order valence-electron chi connectivity index (χ0n) is 13.9. The van der Waals surface area contributed by atoms with Crippen molar-refractivity contribution in [1.82, 2.24) is 15.1 Å². The van der Waals surface area contributed by atoms with Crippen molar-refractivity contribution < 1.29 is 13.9 Å². The Bertz CT molecular complexity index is 687. The number of aromatic nitrogens is 2. The normalized spacial score (nSPS) is 17.8. The zero-order valence-corrected chi connectivity index (χ0v) is 14.7. The van der Waals surface area contributed by atoms with E-state index in [1.165, 1.54) is 18.2 Å². The molecular weight excluding hydrogens is 326 g/mol. The summed E-state index contributed by atoms with van der Waals surface area (Å²) in [7, 11) is 1.62. The first kappa shape index (κ1) is 16.8. The number of hydrogen-bond acceptors (Lipinski definition) is 6. The molecule has 1 saturated heterocycles. The number of thioether (sulfide) groups is 1. The van der Waals surface area contributed by atoms with E-state index in [4.69, 9.17) is 9.15 Å². The average molecular weight is 347 g/mol. The zero-order chi connectivity index (χ0) is 16.9. The van der Waals surface area contributed by atoms with Gasteiger partial charge in [0.2, 0.25) is 11.8 Å². The van der Waals surface area contributed by atoms with E-state index in [0.29, 0.717) is 22.9 Å². The van der Waals surface area contributed by atoms with Gasteiger partial charge in [-0.3, -0.25) is 4.79 Å². The first-order valence-corrected chi connectivity index (χ1v) is 9.06. The van der Waals surface area contributed by atoms with Crippen LogP contribution < -0.4 is 4.74 Å². The largest absolute Gasteiger partial charge is 0.497 e. The lowest BCUT2D eigenvalue weighted by atomic mass is 10.0. The monoisotopic (exact) mass is 347 g/mol. The van der Waals surface area contributed by atoms with E-state index < -0.39 is 0 Å². The number of ether oxygens (including phenoxy) is 1. The molecule has 0 spiro atoms. The van der Waals surface area contributed by atoms with Gasteiger partial charge < -0.3 is 14.1 Å². The van der Waals surface area contributed by atoms with Gasteiger partial charge in [0.25, 0.3) is 5.22 Å². The molecule has 1 aromatic heterocycles. The van der Waals surface area contributed by atoms with Crippen molar-refractivity contribution in [3.8, 4) is 17.2 Å². The predicted molar refractivity (Wildman–Crippen MR) is 92.0 cm³/mol. The van der Waals surface area contributed by atoms with Crippen LogP contribution in [0.5, 0.6) is 5.75 Å². The van der Waals surface area contributed by atoms with Gasteiger partial charge in [0.05, 0.1) is 12.9 Å². The van der Waals surface area contributed by atoms with Gasteiger partial charge in [0, 0.05) is 18.2 Å². The second kappa shape index (κ2) is 7.70. The molecule has 1 aliphatic rings. The molecule has 1 aromatic carbocycles. The van der Waals surface area contributed by atoms with Crippen LogP contribution in [0.25, 0.3) is 11.5 Å². The van der Waals surface area contributed by atoms with E-state index in [1.54, 1.807) is 7.11 Å². The Morgan fingerprint density at radius 1 is 1.33 bits per heavy atom. The fourth-order valence-corrected chi connectivity index (χ4v) is 3.44. The summed E-state index contributed by atoms with van der Waals surface area (Å²) >= 11 is 1.29. The number of hydrogen-bond donors (Lipinski definition) is 0. The number of amides is 1. The third kappa shape index (κ3) is 3.90. The number of rotatable bonds is 5. The Hall–Kier alpha value is -2.02. The Morgan fingerprint density at radius 2 is 2.12 bits per heavy atom. The van der Waals surface area contributed by atoms with E-state index in [1.807, 2.05) is 29.2 Å². The summed E-state index contributed by atoms with van der Waals surface area (Å²) in [5.74, 6) is 1.68. The maximum absolute atomic E-state index is 12.3. The second-order valence-corrected chi connectivity index (χ2v) is 6.75. The van der Waals surface area contributed by atoms with Crippen LogP contribution in [0, 0.1) is 0 Å². The number of carbonyl (C=O) groups is 1. The molecular formula is C17H21N3O3S. The van der Waals surface area contributed by atoms with E-state index in [9.17, 15) is 4.79 Å². The van der Waals surface area contributed by atoms with Gasteiger partial charge in [0.15, 0.2) is 0 Å². The molecule has 1 amide bonds. The molecule has 2 heterocycles. The lowest BCUT2D eigenvalue weighted by molar-refractivity contribution is -0.131. The molecule has 24 heavy (non-hydrogen) atoms. The van der Waals surface area contributed by atoms with Gasteiger partial charge >= 0.3 is 0 Å². The second-order valence-electron chi connectivity index (χ2n) is 5.82. The molecule has 128 valence electrons. The van der Waals surface area contributed by atoms with Gasteiger partial charge in [-0.2, -0.15) is 0 Å². The van der Waals surface area contributed by atoms with Crippen LogP contribution in [0.2, 0.25) is 0 Å². The number of benzene rings is 1. The number of carbonyl (C=O) groups excluding carboxylic acids is 1. The third-order valence-electron chi connectivity index (χ3n) is 4.19. The minimum atomic E-state index is 0.136. The lowest BCUT2D eigenvalue weighted by Gasteiger charge is -2.33. The maximum atomic E-state index is 12.3. The summed E-state index contributed by atoms with van der Waals surface area (Å²) in [6, 6.07) is 7.73. The van der Waals surface area contributed by atoms with Crippen LogP contribution in [-0.2, 0) is 4.79 Å². The molecule has 0 aliphatic carbocycles. The molecule has 0 radical (unpaired) electrons. The molecule has 3 rings (SSSR count). The first-order valence-electron chi connectivity index (χ1n) is 8.07. The Morgan fingerprint density at radius 3 is 2.83 bits per heavy atom. The molecule has 0 bridgehead atoms. The van der Waals surface area contributed by atoms with Crippen molar-refractivity contribution >= 4 is 17.7 Å². The summed E-state index contributed by atoms with van der Waals surface area (Å²) < 4.78 is 10.8. The fraction of sp³-hybridized carbons (Fsp3) is 0.471. The van der Waals surface area contributed by atoms with Gasteiger partial charge in [-0.1, -0.05) is 11.8 Å². The van der Waals surface area contributed by atoms with Crippen LogP contribution in [0.1, 0.15) is 26.2 Å². The van der Waals surface area contributed by atoms with Crippen molar-refractivity contribution in [2.24, 2.45) is 0 Å². The SMILES string of the molecule is COc1ccc(-c2nnc(SCC(=O)N3CCCCC3C)o2)cc1. The lowest BCUT2D eigenvalue weighted by Crippen LogP contribution is -2.42. The minimum absolute atomic E-state index is 0.136. The number of methoxy groups -OCH3 is 1. The Balaban J connectivity index is 1.58. The molecule has 0 N–H and O–H groups in total. The summed E-state index contributed by atoms with van der Waals surface area (Å²) in [5.41, 5.74) is 0.825. The molecule has 6 nitrogen and oxygen atoms in total. The van der Waals surface area contributed by atoms with E-state index in [2.05, 4.69) is 17.1 Å². The van der Waals surface area contributed by atoms with Gasteiger partial charge in [0.1, 0.15) is 5.75 Å². The van der Waals surface area contributed by atoms with Crippen molar-refractivity contribution in [2.75, 3.05) is 19.4 Å². The van der Waals surface area contributed by atoms with Crippen LogP contribution in [0.15, 0.2) is 33.9 Å². The molecule has 7 heteroatoms. The first-order chi connectivity index (χ1) is 11.7. The Kier molecular flexibility index (Phi) is 5.40. The maximum Gasteiger partial charge on any atom is 0.277 e. The van der Waals surface area contributed by atoms with Crippen molar-refractivity contribution in [3.63, 3.8) is 0 Å². The standard InChI is InChI=1S/C17H21N3O3S/c1-12-5-3-4-10-20(12)15(21)11-24-17-19-18-16(23-17)13-6-8-14(22-2)9-7-13/h6-9,12H,3-5,10-11H2,1-2H3. The average Bonchev–Trinajstić information content (AvgIpc) is 3.09. The van der Waals surface area contributed by atoms with Crippen LogP contribution in [0.3, 0.4) is 0 Å². The molecule has 0 saturated carbocycles. The van der Waals surface area contributed by atoms with E-state index >= 15 is 0 Å². The van der Waals surface area contributed by atoms with Gasteiger partial charge in [-0.25, -0.2) is 0 Å². The molecule has 2 aromatic rings. The Labute approximate surface area is 145 Å². The minimum Gasteiger partial charge on any atom is -0.497 e. The van der Waals surface area contributed by atoms with E-state index in [0.717, 1.165) is 30.7 Å². The van der Waals surface area contributed by atoms with Crippen LogP contribution >= 0.6 is 11.8 Å². The summed E-state index contributed by atoms with van der Waals surface area (Å²) in [6.45, 7) is 2.96. The van der Waals surface area contributed by atoms with Gasteiger partial charge in [-0.05, 0) is 50.5 Å². The highest BCUT2D eigenvalue weighted by atomic mass is 32.2. The molecule has 1 unspecified atom stereocenters. The highest BCUT2D eigenvalue weighted by Gasteiger charge is 2.23. The van der Waals surface area contributed by atoms with Crippen molar-refractivity contribution in [2.45, 2.75) is 37.5 Å². The van der Waals surface area contributed by atoms with E-state index in [-0.39, 0.29) is 5.91 Å². The smallest absolute Gasteiger partial charge is 0.277 e. The third-order valence-corrected chi connectivity index (χ3v) is 4.99. The number of nitrogens with zero attached hydrogens (tertiary/aromatic N) is 3. The van der Waals surface area contributed by atoms with Crippen LogP contribution in [0.4, 0.5) is 0 Å². The van der Waals surface area contributed by atoms with Crippen molar-refractivity contribution in [3.05, 3.63) is 24.3 Å². The fourth-order valence-electron chi connectivity index (χ4n) is 2.79.